The molecule has 56 heavy (non-hydrogen) atoms. The Morgan fingerprint density at radius 2 is 0.982 bits per heavy atom. The van der Waals surface area contributed by atoms with Crippen LogP contribution in [0.5, 0.6) is 0 Å². The van der Waals surface area contributed by atoms with Crippen LogP contribution in [0.1, 0.15) is 64.3 Å². The average Bonchev–Trinajstić information content (AvgIpc) is 3.14. The minimum atomic E-state index is -1.30. The molecule has 4 heterocycles. The van der Waals surface area contributed by atoms with E-state index >= 15 is 0 Å². The number of anilines is 4. The Hall–Kier alpha value is -5.42. The van der Waals surface area contributed by atoms with Gasteiger partial charge in [-0.05, 0) is 52.0 Å². The Balaban J connectivity index is 0.000000374. The van der Waals surface area contributed by atoms with Crippen molar-refractivity contribution in [2.75, 3.05) is 54.6 Å². The number of halogens is 8. The lowest BCUT2D eigenvalue weighted by Gasteiger charge is -2.07. The molecule has 4 aromatic rings. The number of hydrogen-bond acceptors (Lipinski definition) is 13. The van der Waals surface area contributed by atoms with Gasteiger partial charge in [0, 0.05) is 26.2 Å². The molecule has 0 atom stereocenters. The van der Waals surface area contributed by atoms with Crippen LogP contribution in [0.2, 0.25) is 20.6 Å². The van der Waals surface area contributed by atoms with E-state index in [2.05, 4.69) is 45.9 Å². The van der Waals surface area contributed by atoms with E-state index < -0.39 is 41.1 Å². The fourth-order valence-electron chi connectivity index (χ4n) is 3.69. The molecule has 4 aromatic heterocycles. The quantitative estimate of drug-likeness (QED) is 0.0483. The molecular formula is C33H34Cl4F4N10O5. The molecule has 1 amide bonds. The number of nitriles is 1. The predicted octanol–water partition coefficient (Wildman–Crippen LogP) is 7.68. The van der Waals surface area contributed by atoms with Crippen LogP contribution in [0.25, 0.3) is 0 Å². The number of hydrogen-bond donors (Lipinski definition) is 6. The van der Waals surface area contributed by atoms with E-state index in [1.165, 1.54) is 7.11 Å². The van der Waals surface area contributed by atoms with Crippen molar-refractivity contribution < 1.29 is 41.8 Å². The van der Waals surface area contributed by atoms with Crippen LogP contribution in [0.3, 0.4) is 0 Å². The highest BCUT2D eigenvalue weighted by atomic mass is 35.5. The lowest BCUT2D eigenvalue weighted by atomic mass is 10.2. The zero-order valence-corrected chi connectivity index (χ0v) is 33.1. The van der Waals surface area contributed by atoms with Gasteiger partial charge in [-0.3, -0.25) is 4.79 Å². The molecule has 0 aliphatic rings. The Morgan fingerprint density at radius 1 is 0.661 bits per heavy atom. The smallest absolute Gasteiger partial charge is 0.341 e. The molecule has 0 aliphatic heterocycles. The van der Waals surface area contributed by atoms with Crippen LogP contribution in [-0.2, 0) is 4.74 Å². The summed E-state index contributed by atoms with van der Waals surface area (Å²) >= 11 is 22.4. The molecule has 23 heteroatoms. The lowest BCUT2D eigenvalue weighted by Crippen LogP contribution is -2.14. The molecule has 0 aliphatic carbocycles. The number of pyridine rings is 4. The van der Waals surface area contributed by atoms with Crippen molar-refractivity contribution in [3.8, 4) is 6.07 Å². The molecule has 0 unspecified atom stereocenters. The van der Waals surface area contributed by atoms with Crippen molar-refractivity contribution >= 4 is 87.5 Å². The number of ether oxygens (including phenoxy) is 1. The second kappa shape index (κ2) is 24.2. The normalized spacial score (nSPS) is 9.79. The first-order chi connectivity index (χ1) is 26.4. The number of methoxy groups -OCH3 is 1. The van der Waals surface area contributed by atoms with Gasteiger partial charge in [0.15, 0.2) is 46.5 Å². The van der Waals surface area contributed by atoms with Gasteiger partial charge in [-0.2, -0.15) is 5.26 Å². The van der Waals surface area contributed by atoms with Gasteiger partial charge in [0.25, 0.3) is 5.91 Å². The second-order valence-corrected chi connectivity index (χ2v) is 11.5. The van der Waals surface area contributed by atoms with Gasteiger partial charge in [0.2, 0.25) is 0 Å². The van der Waals surface area contributed by atoms with Crippen molar-refractivity contribution in [1.29, 1.82) is 5.26 Å². The first kappa shape index (κ1) is 48.6. The van der Waals surface area contributed by atoms with Gasteiger partial charge in [0.1, 0.15) is 32.2 Å². The van der Waals surface area contributed by atoms with E-state index in [9.17, 15) is 31.9 Å². The largest absolute Gasteiger partial charge is 0.478 e. The Kier molecular flexibility index (Phi) is 21.0. The zero-order chi connectivity index (χ0) is 42.7. The van der Waals surface area contributed by atoms with E-state index in [0.717, 1.165) is 24.3 Å². The molecule has 0 radical (unpaired) electrons. The topological polar surface area (TPSA) is 230 Å². The van der Waals surface area contributed by atoms with Crippen LogP contribution < -0.4 is 27.0 Å². The van der Waals surface area contributed by atoms with E-state index in [0.29, 0.717) is 26.2 Å². The third-order valence-electron chi connectivity index (χ3n) is 6.12. The molecule has 302 valence electrons. The zero-order valence-electron chi connectivity index (χ0n) is 30.1. The van der Waals surface area contributed by atoms with Crippen molar-refractivity contribution in [2.24, 2.45) is 5.73 Å². The third-order valence-corrected chi connectivity index (χ3v) is 7.27. The number of carboxylic acids is 1. The molecular weight excluding hydrogens is 834 g/mol. The van der Waals surface area contributed by atoms with Gasteiger partial charge in [-0.1, -0.05) is 46.4 Å². The van der Waals surface area contributed by atoms with Gasteiger partial charge in [-0.15, -0.1) is 0 Å². The Morgan fingerprint density at radius 3 is 1.32 bits per heavy atom. The number of nitrogens with one attached hydrogen (secondary N) is 4. The highest BCUT2D eigenvalue weighted by molar-refractivity contribution is 6.33. The molecule has 0 aromatic carbocycles. The molecule has 4 rings (SSSR count). The van der Waals surface area contributed by atoms with Crippen LogP contribution in [0, 0.1) is 34.6 Å². The third kappa shape index (κ3) is 14.7. The first-order valence-electron chi connectivity index (χ1n) is 15.8. The van der Waals surface area contributed by atoms with E-state index in [4.69, 9.17) is 62.5 Å². The maximum absolute atomic E-state index is 13.3. The maximum Gasteiger partial charge on any atom is 0.341 e. The molecule has 0 bridgehead atoms. The number of carbonyl (C=O) groups excluding carboxylic acids is 2. The molecule has 0 spiro atoms. The van der Waals surface area contributed by atoms with E-state index in [1.807, 2.05) is 6.92 Å². The summed E-state index contributed by atoms with van der Waals surface area (Å²) in [5, 5.41) is 27.3. The predicted molar refractivity (Wildman–Crippen MR) is 205 cm³/mol. The Bertz CT molecular complexity index is 1990. The molecule has 0 saturated heterocycles. The monoisotopic (exact) mass is 866 g/mol. The van der Waals surface area contributed by atoms with Crippen LogP contribution in [0.15, 0.2) is 24.3 Å². The summed E-state index contributed by atoms with van der Waals surface area (Å²) in [6, 6.07) is 5.62. The molecule has 7 N–H and O–H groups in total. The number of nitrogens with two attached hydrogens (primary N) is 1. The number of aromatic carboxylic acids is 1. The van der Waals surface area contributed by atoms with Gasteiger partial charge in [0.05, 0.1) is 23.8 Å². The minimum absolute atomic E-state index is 0.0138. The fraction of sp³-hybridized carbons (Fsp3) is 0.273. The van der Waals surface area contributed by atoms with Crippen LogP contribution in [0.4, 0.5) is 40.8 Å². The maximum atomic E-state index is 13.3. The number of amides is 1. The number of esters is 1. The van der Waals surface area contributed by atoms with Gasteiger partial charge in [-0.25, -0.2) is 47.1 Å². The SMILES string of the molecule is CCNc1nc(Cl)c(C#N)cc1F.CCNc1nc(Cl)c(C(=O)O)cc1F.CCNc1nc(Cl)c(C(=O)OC)cc1F.CCNc1nc(Cl)c(C(N)=O)cc1F. The lowest BCUT2D eigenvalue weighted by molar-refractivity contribution is 0.0598. The Labute approximate surface area is 337 Å². The molecule has 0 fully saturated rings. The van der Waals surface area contributed by atoms with Crippen molar-refractivity contribution in [1.82, 2.24) is 19.9 Å². The summed E-state index contributed by atoms with van der Waals surface area (Å²) in [6.45, 7) is 9.21. The average molecular weight is 869 g/mol. The van der Waals surface area contributed by atoms with Crippen molar-refractivity contribution in [3.63, 3.8) is 0 Å². The minimum Gasteiger partial charge on any atom is -0.478 e. The highest BCUT2D eigenvalue weighted by Crippen LogP contribution is 2.23. The van der Waals surface area contributed by atoms with Gasteiger partial charge >= 0.3 is 11.9 Å². The van der Waals surface area contributed by atoms with Crippen LogP contribution >= 0.6 is 46.4 Å². The summed E-state index contributed by atoms with van der Waals surface area (Å²) in [5.74, 6) is -5.32. The second-order valence-electron chi connectivity index (χ2n) is 10.0. The van der Waals surface area contributed by atoms with E-state index in [-0.39, 0.29) is 66.1 Å². The fourth-order valence-corrected chi connectivity index (χ4v) is 4.54. The number of nitrogens with zero attached hydrogens (tertiary/aromatic N) is 5. The summed E-state index contributed by atoms with van der Waals surface area (Å²) in [6.07, 6.45) is 0. The molecule has 15 nitrogen and oxygen atoms in total. The van der Waals surface area contributed by atoms with Crippen molar-refractivity contribution in [3.05, 3.63) is 90.4 Å². The summed E-state index contributed by atoms with van der Waals surface area (Å²) in [5.41, 5.74) is 4.45. The summed E-state index contributed by atoms with van der Waals surface area (Å²) < 4.78 is 57.1. The van der Waals surface area contributed by atoms with E-state index in [1.54, 1.807) is 26.8 Å². The standard InChI is InChI=1S/C9H10ClFN2O2.C8H9ClFN3O.C8H7ClFN3.C8H8ClFN2O2/c1-3-12-8-6(11)4-5(7(10)13-8)9(14)15-2;1-2-12-8-5(10)3-4(7(11)14)6(9)13-8;1-2-12-8-6(10)3-5(4-11)7(9)13-8;1-2-11-7-5(10)3-4(8(13)14)6(9)12-7/h4H,3H2,1-2H3,(H,12,13);3H,2H2,1H3,(H2,11,14)(H,12,13);3H,2H2,1H3,(H,12,13);3H,2H2,1H3,(H,11,12)(H,13,14). The summed E-state index contributed by atoms with van der Waals surface area (Å²) in [4.78, 5) is 47.1. The summed E-state index contributed by atoms with van der Waals surface area (Å²) in [7, 11) is 1.19. The van der Waals surface area contributed by atoms with Gasteiger partial charge < -0.3 is 36.8 Å². The highest BCUT2D eigenvalue weighted by Gasteiger charge is 2.17. The number of carboxylic acid groups (broad SMARTS) is 1. The number of carbonyl (C=O) groups is 3. The van der Waals surface area contributed by atoms with Crippen molar-refractivity contribution in [2.45, 2.75) is 27.7 Å². The van der Waals surface area contributed by atoms with Crippen LogP contribution in [-0.4, -0.2) is 76.2 Å². The number of primary amides is 1. The number of rotatable bonds is 11. The first-order valence-corrected chi connectivity index (χ1v) is 17.3. The number of aromatic nitrogens is 4. The molecule has 0 saturated carbocycles.